The minimum absolute atomic E-state index is 0.0949. The van der Waals surface area contributed by atoms with Crippen LogP contribution in [0.1, 0.15) is 19.8 Å². The molecule has 1 aromatic rings. The van der Waals surface area contributed by atoms with E-state index >= 15 is 0 Å². The van der Waals surface area contributed by atoms with Crippen molar-refractivity contribution in [3.05, 3.63) is 24.3 Å². The molecule has 1 fully saturated rings. The van der Waals surface area contributed by atoms with E-state index in [0.29, 0.717) is 24.7 Å². The van der Waals surface area contributed by atoms with Gasteiger partial charge in [-0.05, 0) is 44.0 Å². The number of nitrogen functional groups attached to an aromatic ring is 1. The molecule has 0 radical (unpaired) electrons. The summed E-state index contributed by atoms with van der Waals surface area (Å²) in [6, 6.07) is 7.43. The average molecular weight is 330 g/mol. The fourth-order valence-corrected chi connectivity index (χ4v) is 5.06. The molecule has 2 rings (SSSR count). The van der Waals surface area contributed by atoms with Gasteiger partial charge in [-0.3, -0.25) is 0 Å². The van der Waals surface area contributed by atoms with Crippen molar-refractivity contribution < 1.29 is 13.2 Å². The molecule has 0 saturated carbocycles. The monoisotopic (exact) mass is 330 g/mol. The van der Waals surface area contributed by atoms with Crippen LogP contribution in [0.4, 0.5) is 5.69 Å². The summed E-state index contributed by atoms with van der Waals surface area (Å²) in [4.78, 5) is 1.02. The van der Waals surface area contributed by atoms with E-state index in [1.165, 1.54) is 11.8 Å². The summed E-state index contributed by atoms with van der Waals surface area (Å²) in [5.74, 6) is 0.605. The second kappa shape index (κ2) is 7.00. The number of rotatable bonds is 6. The molecule has 7 heteroatoms. The predicted molar refractivity (Wildman–Crippen MR) is 87.0 cm³/mol. The lowest BCUT2D eigenvalue weighted by molar-refractivity contribution is 0.0387. The molecule has 1 saturated heterocycles. The molecule has 1 aliphatic rings. The van der Waals surface area contributed by atoms with Crippen LogP contribution in [0.3, 0.4) is 0 Å². The number of thioether (sulfide) groups is 1. The molecule has 1 aromatic carbocycles. The van der Waals surface area contributed by atoms with Gasteiger partial charge in [0.2, 0.25) is 10.0 Å². The van der Waals surface area contributed by atoms with Crippen LogP contribution in [-0.4, -0.2) is 38.7 Å². The molecule has 21 heavy (non-hydrogen) atoms. The number of benzene rings is 1. The van der Waals surface area contributed by atoms with Crippen LogP contribution in [-0.2, 0) is 14.8 Å². The lowest BCUT2D eigenvalue weighted by atomic mass is 9.97. The van der Waals surface area contributed by atoms with E-state index in [2.05, 4.69) is 4.72 Å². The average Bonchev–Trinajstić information content (AvgIpc) is 2.40. The van der Waals surface area contributed by atoms with Crippen molar-refractivity contribution in [2.75, 3.05) is 30.5 Å². The Hall–Kier alpha value is -0.760. The summed E-state index contributed by atoms with van der Waals surface area (Å²) >= 11 is 1.51. The molecular formula is C14H22N2O3S2. The zero-order chi connectivity index (χ0) is 15.3. The normalized spacial score (nSPS) is 23.1. The van der Waals surface area contributed by atoms with Gasteiger partial charge >= 0.3 is 0 Å². The smallest absolute Gasteiger partial charge is 0.212 e. The Labute approximate surface area is 130 Å². The maximum atomic E-state index is 12.1. The van der Waals surface area contributed by atoms with E-state index in [1.54, 1.807) is 0 Å². The fraction of sp³-hybridized carbons (Fsp3) is 0.571. The van der Waals surface area contributed by atoms with Gasteiger partial charge < -0.3 is 10.5 Å². The van der Waals surface area contributed by atoms with Gasteiger partial charge in [0.05, 0.1) is 17.9 Å². The lowest BCUT2D eigenvalue weighted by Crippen LogP contribution is -2.52. The highest BCUT2D eigenvalue weighted by molar-refractivity contribution is 8.00. The molecule has 1 atom stereocenters. The van der Waals surface area contributed by atoms with Gasteiger partial charge in [0.1, 0.15) is 0 Å². The Morgan fingerprint density at radius 3 is 2.71 bits per heavy atom. The Balaban J connectivity index is 1.82. The number of hydrogen-bond acceptors (Lipinski definition) is 5. The van der Waals surface area contributed by atoms with Crippen molar-refractivity contribution in [3.8, 4) is 0 Å². The second-order valence-corrected chi connectivity index (χ2v) is 8.57. The molecule has 0 aliphatic carbocycles. The van der Waals surface area contributed by atoms with Crippen molar-refractivity contribution in [3.63, 3.8) is 0 Å². The van der Waals surface area contributed by atoms with Crippen LogP contribution in [0.25, 0.3) is 0 Å². The highest BCUT2D eigenvalue weighted by Gasteiger charge is 2.31. The van der Waals surface area contributed by atoms with Crippen LogP contribution in [0, 0.1) is 0 Å². The summed E-state index contributed by atoms with van der Waals surface area (Å²) in [6.45, 7) is 3.05. The molecule has 0 spiro atoms. The molecule has 1 heterocycles. The van der Waals surface area contributed by atoms with E-state index in [4.69, 9.17) is 10.5 Å². The number of nitrogens with two attached hydrogens (primary N) is 1. The predicted octanol–water partition coefficient (Wildman–Crippen LogP) is 1.85. The molecule has 0 bridgehead atoms. The molecule has 0 amide bonds. The first kappa shape index (κ1) is 16.6. The molecule has 1 unspecified atom stereocenters. The van der Waals surface area contributed by atoms with Crippen molar-refractivity contribution in [1.82, 2.24) is 4.72 Å². The van der Waals surface area contributed by atoms with Crippen LogP contribution < -0.4 is 10.5 Å². The third kappa shape index (κ3) is 5.50. The van der Waals surface area contributed by atoms with Gasteiger partial charge in [0.25, 0.3) is 0 Å². The highest BCUT2D eigenvalue weighted by Crippen LogP contribution is 2.21. The van der Waals surface area contributed by atoms with Crippen LogP contribution in [0.2, 0.25) is 0 Å². The first-order valence-corrected chi connectivity index (χ1v) is 9.60. The largest absolute Gasteiger partial charge is 0.399 e. The zero-order valence-corrected chi connectivity index (χ0v) is 13.8. The van der Waals surface area contributed by atoms with E-state index in [-0.39, 0.29) is 5.75 Å². The Bertz CT molecular complexity index is 552. The third-order valence-electron chi connectivity index (χ3n) is 3.34. The van der Waals surface area contributed by atoms with Gasteiger partial charge in [0, 0.05) is 22.9 Å². The number of hydrogen-bond donors (Lipinski definition) is 2. The lowest BCUT2D eigenvalue weighted by Gasteiger charge is -2.33. The van der Waals surface area contributed by atoms with Gasteiger partial charge in [-0.2, -0.15) is 0 Å². The quantitative estimate of drug-likeness (QED) is 0.614. The number of anilines is 1. The molecule has 118 valence electrons. The summed E-state index contributed by atoms with van der Waals surface area (Å²) in [7, 11) is -3.29. The minimum atomic E-state index is -3.29. The summed E-state index contributed by atoms with van der Waals surface area (Å²) in [5, 5.41) is 0. The van der Waals surface area contributed by atoms with Crippen LogP contribution in [0.15, 0.2) is 29.2 Å². The molecular weight excluding hydrogens is 308 g/mol. The van der Waals surface area contributed by atoms with E-state index in [1.807, 2.05) is 31.2 Å². The second-order valence-electron chi connectivity index (χ2n) is 5.56. The Kier molecular flexibility index (Phi) is 5.54. The standard InChI is InChI=1S/C14H22N2O3S2/c1-14(7-2-8-19-11-14)16-21(17,18)10-9-20-13-5-3-12(15)4-6-13/h3-6,16H,2,7-11,15H2,1H3. The molecule has 0 aromatic heterocycles. The molecule has 5 nitrogen and oxygen atoms in total. The maximum Gasteiger partial charge on any atom is 0.212 e. The number of sulfonamides is 1. The van der Waals surface area contributed by atoms with Crippen molar-refractivity contribution in [1.29, 1.82) is 0 Å². The number of nitrogens with one attached hydrogen (secondary N) is 1. The summed E-state index contributed by atoms with van der Waals surface area (Å²) in [6.07, 6.45) is 1.70. The first-order chi connectivity index (χ1) is 9.89. The SMILES string of the molecule is CC1(NS(=O)(=O)CCSc2ccc(N)cc2)CCCOC1. The van der Waals surface area contributed by atoms with Crippen molar-refractivity contribution in [2.45, 2.75) is 30.2 Å². The van der Waals surface area contributed by atoms with Crippen LogP contribution >= 0.6 is 11.8 Å². The van der Waals surface area contributed by atoms with Crippen molar-refractivity contribution >= 4 is 27.5 Å². The first-order valence-electron chi connectivity index (χ1n) is 6.96. The summed E-state index contributed by atoms with van der Waals surface area (Å²) in [5.41, 5.74) is 5.85. The fourth-order valence-electron chi connectivity index (χ4n) is 2.27. The Morgan fingerprint density at radius 1 is 1.38 bits per heavy atom. The Morgan fingerprint density at radius 2 is 2.10 bits per heavy atom. The zero-order valence-electron chi connectivity index (χ0n) is 12.2. The van der Waals surface area contributed by atoms with Crippen molar-refractivity contribution in [2.24, 2.45) is 0 Å². The minimum Gasteiger partial charge on any atom is -0.399 e. The van der Waals surface area contributed by atoms with E-state index in [9.17, 15) is 8.42 Å². The number of ether oxygens (including phenoxy) is 1. The van der Waals surface area contributed by atoms with Gasteiger partial charge in [-0.15, -0.1) is 11.8 Å². The summed E-state index contributed by atoms with van der Waals surface area (Å²) < 4.78 is 32.4. The molecule has 1 aliphatic heterocycles. The third-order valence-corrected chi connectivity index (χ3v) is 6.16. The van der Waals surface area contributed by atoms with Crippen LogP contribution in [0.5, 0.6) is 0 Å². The maximum absolute atomic E-state index is 12.1. The van der Waals surface area contributed by atoms with Gasteiger partial charge in [0.15, 0.2) is 0 Å². The van der Waals surface area contributed by atoms with E-state index < -0.39 is 15.6 Å². The topological polar surface area (TPSA) is 81.4 Å². The highest BCUT2D eigenvalue weighted by atomic mass is 32.2. The molecule has 3 N–H and O–H groups in total. The van der Waals surface area contributed by atoms with Gasteiger partial charge in [-0.25, -0.2) is 13.1 Å². The van der Waals surface area contributed by atoms with E-state index in [0.717, 1.165) is 17.7 Å². The van der Waals surface area contributed by atoms with Gasteiger partial charge in [-0.1, -0.05) is 0 Å².